The summed E-state index contributed by atoms with van der Waals surface area (Å²) < 4.78 is 0. The highest BCUT2D eigenvalue weighted by Crippen LogP contribution is 2.27. The predicted octanol–water partition coefficient (Wildman–Crippen LogP) is 4.26. The van der Waals surface area contributed by atoms with Crippen molar-refractivity contribution in [2.45, 2.75) is 50.4 Å². The van der Waals surface area contributed by atoms with E-state index in [9.17, 15) is 14.4 Å². The fraction of sp³-hybridized carbons (Fsp3) is 0.300. The average molecular weight is 533 g/mol. The minimum atomic E-state index is -0.935. The van der Waals surface area contributed by atoms with E-state index in [0.29, 0.717) is 31.4 Å². The highest BCUT2D eigenvalue weighted by atomic mass is 35.5. The van der Waals surface area contributed by atoms with Crippen molar-refractivity contribution in [3.63, 3.8) is 0 Å². The molecule has 198 valence electrons. The van der Waals surface area contributed by atoms with Crippen LogP contribution in [0.2, 0.25) is 0 Å². The van der Waals surface area contributed by atoms with E-state index in [1.165, 1.54) is 0 Å². The minimum Gasteiger partial charge on any atom is -0.343 e. The molecule has 0 bridgehead atoms. The maximum Gasteiger partial charge on any atom is 0.250 e. The molecule has 3 unspecified atom stereocenters. The first-order valence-electron chi connectivity index (χ1n) is 13.0. The Kier molecular flexibility index (Phi) is 9.51. The van der Waals surface area contributed by atoms with Gasteiger partial charge in [-0.3, -0.25) is 14.4 Å². The molecule has 0 aromatic heterocycles. The molecule has 3 amide bonds. The van der Waals surface area contributed by atoms with E-state index < -0.39 is 18.1 Å². The first-order chi connectivity index (χ1) is 18.5. The summed E-state index contributed by atoms with van der Waals surface area (Å²) in [5.74, 6) is -0.915. The summed E-state index contributed by atoms with van der Waals surface area (Å²) in [5, 5.41) is 6.04. The monoisotopic (exact) mass is 532 g/mol. The largest absolute Gasteiger partial charge is 0.343 e. The number of rotatable bonds is 10. The molecular formula is C30H33ClN4O3. The van der Waals surface area contributed by atoms with Crippen molar-refractivity contribution in [3.8, 4) is 0 Å². The van der Waals surface area contributed by atoms with Gasteiger partial charge in [-0.1, -0.05) is 97.9 Å². The second-order valence-corrected chi connectivity index (χ2v) is 9.59. The Hall–Kier alpha value is -3.68. The lowest BCUT2D eigenvalue weighted by atomic mass is 9.98. The summed E-state index contributed by atoms with van der Waals surface area (Å²) in [5.41, 5.74) is 2.56. The lowest BCUT2D eigenvalue weighted by Crippen LogP contribution is -2.52. The summed E-state index contributed by atoms with van der Waals surface area (Å²) in [4.78, 5) is 44.5. The molecule has 0 aliphatic carbocycles. The number of carbonyl (C=O) groups is 3. The molecule has 8 heteroatoms. The van der Waals surface area contributed by atoms with Crippen LogP contribution in [-0.2, 0) is 14.4 Å². The van der Waals surface area contributed by atoms with Crippen LogP contribution >= 0.6 is 11.8 Å². The van der Waals surface area contributed by atoms with Gasteiger partial charge in [-0.2, -0.15) is 0 Å². The maximum atomic E-state index is 13.9. The van der Waals surface area contributed by atoms with Gasteiger partial charge in [-0.15, -0.1) is 0 Å². The van der Waals surface area contributed by atoms with E-state index in [0.717, 1.165) is 11.1 Å². The predicted molar refractivity (Wildman–Crippen MR) is 148 cm³/mol. The van der Waals surface area contributed by atoms with Crippen LogP contribution in [0.1, 0.15) is 55.0 Å². The molecule has 3 N–H and O–H groups in total. The Morgan fingerprint density at radius 2 is 1.37 bits per heavy atom. The summed E-state index contributed by atoms with van der Waals surface area (Å²) in [6.45, 7) is 2.26. The normalized spacial score (nSPS) is 16.6. The van der Waals surface area contributed by atoms with Crippen LogP contribution in [-0.4, -0.2) is 41.2 Å². The molecule has 1 aliphatic heterocycles. The van der Waals surface area contributed by atoms with Gasteiger partial charge in [0.15, 0.2) is 0 Å². The second-order valence-electron chi connectivity index (χ2n) is 9.37. The van der Waals surface area contributed by atoms with E-state index >= 15 is 0 Å². The second kappa shape index (κ2) is 13.2. The molecule has 1 aliphatic rings. The lowest BCUT2D eigenvalue weighted by molar-refractivity contribution is -0.142. The zero-order valence-corrected chi connectivity index (χ0v) is 22.1. The van der Waals surface area contributed by atoms with Crippen molar-refractivity contribution in [1.82, 2.24) is 20.4 Å². The number of hydrogen-bond acceptors (Lipinski definition) is 4. The van der Waals surface area contributed by atoms with Crippen LogP contribution in [0.25, 0.3) is 0 Å². The molecule has 3 aromatic rings. The number of benzene rings is 3. The highest BCUT2D eigenvalue weighted by molar-refractivity contribution is 6.15. The van der Waals surface area contributed by atoms with Crippen molar-refractivity contribution in [2.75, 3.05) is 6.54 Å². The van der Waals surface area contributed by atoms with Gasteiger partial charge in [0.1, 0.15) is 18.1 Å². The van der Waals surface area contributed by atoms with Gasteiger partial charge in [0, 0.05) is 6.54 Å². The summed E-state index contributed by atoms with van der Waals surface area (Å²) in [6, 6.07) is 26.0. The van der Waals surface area contributed by atoms with Gasteiger partial charge in [-0.25, -0.2) is 4.84 Å². The molecule has 1 heterocycles. The molecule has 1 fully saturated rings. The summed E-state index contributed by atoms with van der Waals surface area (Å²) >= 11 is 5.75. The van der Waals surface area contributed by atoms with Crippen molar-refractivity contribution in [2.24, 2.45) is 0 Å². The number of halogens is 1. The number of likely N-dealkylation sites (tertiary alicyclic amines) is 1. The quantitative estimate of drug-likeness (QED) is 0.340. The molecule has 0 saturated carbocycles. The van der Waals surface area contributed by atoms with Crippen LogP contribution in [0.4, 0.5) is 0 Å². The number of amides is 3. The van der Waals surface area contributed by atoms with E-state index in [1.54, 1.807) is 17.0 Å². The van der Waals surface area contributed by atoms with E-state index in [1.807, 2.05) is 85.8 Å². The average Bonchev–Trinajstić information content (AvgIpc) is 3.46. The number of carbonyl (C=O) groups excluding carboxylic acids is 3. The van der Waals surface area contributed by atoms with Gasteiger partial charge in [0.2, 0.25) is 17.7 Å². The van der Waals surface area contributed by atoms with Crippen LogP contribution < -0.4 is 15.5 Å². The van der Waals surface area contributed by atoms with Crippen molar-refractivity contribution >= 4 is 29.5 Å². The lowest BCUT2D eigenvalue weighted by Gasteiger charge is -2.31. The SMILES string of the molecule is CCC(NCl)C(=O)NC(C(=O)N1CCCC1C(=O)NC(c1ccccc1)c1ccccc1)c1ccccc1. The summed E-state index contributed by atoms with van der Waals surface area (Å²) in [6.07, 6.45) is 1.70. The molecule has 0 spiro atoms. The van der Waals surface area contributed by atoms with Gasteiger partial charge >= 0.3 is 0 Å². The standard InChI is InChI=1S/C30H33ClN4O3/c1-2-24(34-31)28(36)33-27(23-17-10-5-11-18-23)30(38)35-20-12-19-25(35)29(37)32-26(21-13-6-3-7-14-21)22-15-8-4-9-16-22/h3-11,13-18,24-27,34H,2,12,19-20H2,1H3,(H,32,37)(H,33,36). The van der Waals surface area contributed by atoms with Crippen LogP contribution in [0.3, 0.4) is 0 Å². The van der Waals surface area contributed by atoms with E-state index in [4.69, 9.17) is 11.8 Å². The third-order valence-electron chi connectivity index (χ3n) is 6.91. The molecule has 4 rings (SSSR count). The van der Waals surface area contributed by atoms with Crippen LogP contribution in [0.15, 0.2) is 91.0 Å². The highest BCUT2D eigenvalue weighted by Gasteiger charge is 2.39. The van der Waals surface area contributed by atoms with Gasteiger partial charge < -0.3 is 15.5 Å². The first-order valence-corrected chi connectivity index (χ1v) is 13.3. The summed E-state index contributed by atoms with van der Waals surface area (Å²) in [7, 11) is 0. The van der Waals surface area contributed by atoms with Crippen LogP contribution in [0, 0.1) is 0 Å². The fourth-order valence-corrected chi connectivity index (χ4v) is 5.10. The number of hydrogen-bond donors (Lipinski definition) is 3. The molecule has 1 saturated heterocycles. The Balaban J connectivity index is 1.57. The van der Waals surface area contributed by atoms with Gasteiger partial charge in [0.25, 0.3) is 0 Å². The molecule has 7 nitrogen and oxygen atoms in total. The first kappa shape index (κ1) is 27.4. The Morgan fingerprint density at radius 3 is 1.87 bits per heavy atom. The molecule has 0 radical (unpaired) electrons. The molecular weight excluding hydrogens is 500 g/mol. The van der Waals surface area contributed by atoms with E-state index in [-0.39, 0.29) is 23.8 Å². The van der Waals surface area contributed by atoms with Gasteiger partial charge in [0.05, 0.1) is 6.04 Å². The minimum absolute atomic E-state index is 0.222. The Bertz CT molecular complexity index is 1170. The van der Waals surface area contributed by atoms with Crippen LogP contribution in [0.5, 0.6) is 0 Å². The smallest absolute Gasteiger partial charge is 0.250 e. The van der Waals surface area contributed by atoms with Crippen molar-refractivity contribution in [1.29, 1.82) is 0 Å². The fourth-order valence-electron chi connectivity index (χ4n) is 4.85. The van der Waals surface area contributed by atoms with Gasteiger partial charge in [-0.05, 0) is 47.7 Å². The number of nitrogens with zero attached hydrogens (tertiary/aromatic N) is 1. The Labute approximate surface area is 228 Å². The molecule has 3 aromatic carbocycles. The number of nitrogens with one attached hydrogen (secondary N) is 3. The zero-order chi connectivity index (χ0) is 26.9. The molecule has 3 atom stereocenters. The molecule has 38 heavy (non-hydrogen) atoms. The van der Waals surface area contributed by atoms with E-state index in [2.05, 4.69) is 15.5 Å². The zero-order valence-electron chi connectivity index (χ0n) is 21.3. The van der Waals surface area contributed by atoms with Crippen molar-refractivity contribution < 1.29 is 14.4 Å². The third kappa shape index (κ3) is 6.41. The van der Waals surface area contributed by atoms with Crippen molar-refractivity contribution in [3.05, 3.63) is 108 Å². The Morgan fingerprint density at radius 1 is 0.842 bits per heavy atom. The maximum absolute atomic E-state index is 13.9. The third-order valence-corrected chi connectivity index (χ3v) is 7.18. The topological polar surface area (TPSA) is 90.5 Å².